The van der Waals surface area contributed by atoms with Crippen LogP contribution in [0.5, 0.6) is 0 Å². The molecule has 4 aliphatic rings. The van der Waals surface area contributed by atoms with E-state index in [0.29, 0.717) is 21.7 Å². The molecular weight excluding hydrogens is 240 g/mol. The van der Waals surface area contributed by atoms with Crippen LogP contribution in [0.1, 0.15) is 79.6 Å². The molecule has 0 bridgehead atoms. The van der Waals surface area contributed by atoms with Crippen molar-refractivity contribution < 1.29 is 0 Å². The highest BCUT2D eigenvalue weighted by molar-refractivity contribution is 5.40. The summed E-state index contributed by atoms with van der Waals surface area (Å²) in [5.41, 5.74) is 4.16. The molecule has 0 aromatic rings. The van der Waals surface area contributed by atoms with Gasteiger partial charge >= 0.3 is 0 Å². The second kappa shape index (κ2) is 3.55. The molecule has 0 aliphatic heterocycles. The minimum atomic E-state index is 0.552. The number of hydrogen-bond acceptors (Lipinski definition) is 0. The zero-order chi connectivity index (χ0) is 14.4. The van der Waals surface area contributed by atoms with Crippen molar-refractivity contribution in [2.45, 2.75) is 79.6 Å². The van der Waals surface area contributed by atoms with Gasteiger partial charge in [0, 0.05) is 5.41 Å². The van der Waals surface area contributed by atoms with E-state index in [-0.39, 0.29) is 0 Å². The lowest BCUT2D eigenvalue weighted by Crippen LogP contribution is -2.47. The molecule has 0 heterocycles. The molecule has 0 aromatic heterocycles. The van der Waals surface area contributed by atoms with Gasteiger partial charge in [0.2, 0.25) is 0 Å². The van der Waals surface area contributed by atoms with Gasteiger partial charge < -0.3 is 0 Å². The average molecular weight is 272 g/mol. The molecule has 0 saturated heterocycles. The zero-order valence-electron chi connectivity index (χ0n) is 14.2. The van der Waals surface area contributed by atoms with Crippen LogP contribution in [0.3, 0.4) is 0 Å². The van der Waals surface area contributed by atoms with Crippen LogP contribution in [0.2, 0.25) is 0 Å². The Morgan fingerprint density at radius 1 is 1.00 bits per heavy atom. The van der Waals surface area contributed by atoms with Crippen LogP contribution in [0.4, 0.5) is 0 Å². The highest BCUT2D eigenvalue weighted by atomic mass is 14.8. The molecule has 4 rings (SSSR count). The van der Waals surface area contributed by atoms with Gasteiger partial charge in [-0.3, -0.25) is 0 Å². The van der Waals surface area contributed by atoms with Crippen LogP contribution in [-0.4, -0.2) is 0 Å². The van der Waals surface area contributed by atoms with Gasteiger partial charge in [-0.15, -0.1) is 0 Å². The van der Waals surface area contributed by atoms with Crippen LogP contribution < -0.4 is 0 Å². The van der Waals surface area contributed by atoms with E-state index in [4.69, 9.17) is 0 Å². The lowest BCUT2D eigenvalue weighted by Gasteiger charge is -2.52. The largest absolute Gasteiger partial charge is 0.0839 e. The molecule has 3 unspecified atom stereocenters. The van der Waals surface area contributed by atoms with Gasteiger partial charge in [-0.25, -0.2) is 0 Å². The zero-order valence-corrected chi connectivity index (χ0v) is 14.2. The minimum absolute atomic E-state index is 0.552. The van der Waals surface area contributed by atoms with Crippen LogP contribution in [-0.2, 0) is 0 Å². The molecule has 4 aliphatic carbocycles. The van der Waals surface area contributed by atoms with Crippen molar-refractivity contribution in [1.82, 2.24) is 0 Å². The molecule has 0 amide bonds. The maximum absolute atomic E-state index is 2.71. The molecule has 3 fully saturated rings. The Morgan fingerprint density at radius 3 is 2.50 bits per heavy atom. The van der Waals surface area contributed by atoms with Crippen molar-refractivity contribution in [3.05, 3.63) is 11.6 Å². The summed E-state index contributed by atoms with van der Waals surface area (Å²) in [5.74, 6) is 1.78. The lowest BCUT2D eigenvalue weighted by atomic mass is 9.51. The van der Waals surface area contributed by atoms with Crippen molar-refractivity contribution in [2.24, 2.45) is 33.5 Å². The Kier molecular flexibility index (Phi) is 2.38. The summed E-state index contributed by atoms with van der Waals surface area (Å²) in [4.78, 5) is 0. The Labute approximate surface area is 125 Å². The first-order chi connectivity index (χ1) is 9.27. The fourth-order valence-electron chi connectivity index (χ4n) is 8.18. The molecule has 20 heavy (non-hydrogen) atoms. The second-order valence-electron chi connectivity index (χ2n) is 9.84. The van der Waals surface area contributed by atoms with Gasteiger partial charge in [-0.05, 0) is 66.6 Å². The van der Waals surface area contributed by atoms with Crippen LogP contribution in [0, 0.1) is 33.5 Å². The normalized spacial score (nSPS) is 56.1. The predicted octanol–water partition coefficient (Wildman–Crippen LogP) is 5.98. The lowest BCUT2D eigenvalue weighted by molar-refractivity contribution is -0.0000699. The first kappa shape index (κ1) is 13.4. The highest BCUT2D eigenvalue weighted by Gasteiger charge is 2.75. The van der Waals surface area contributed by atoms with E-state index in [9.17, 15) is 0 Å². The Hall–Kier alpha value is -0.260. The second-order valence-corrected chi connectivity index (χ2v) is 9.84. The van der Waals surface area contributed by atoms with Crippen LogP contribution in [0.25, 0.3) is 0 Å². The van der Waals surface area contributed by atoms with Crippen molar-refractivity contribution >= 4 is 0 Å². The molecule has 0 N–H and O–H groups in total. The molecular formula is C20H32. The van der Waals surface area contributed by atoms with Gasteiger partial charge in [-0.1, -0.05) is 52.7 Å². The van der Waals surface area contributed by atoms with Crippen molar-refractivity contribution in [3.8, 4) is 0 Å². The Morgan fingerprint density at radius 2 is 1.75 bits per heavy atom. The summed E-state index contributed by atoms with van der Waals surface area (Å²) in [6.07, 6.45) is 12.9. The molecule has 0 aromatic carbocycles. The van der Waals surface area contributed by atoms with Gasteiger partial charge in [0.15, 0.2) is 0 Å². The summed E-state index contributed by atoms with van der Waals surface area (Å²) in [5, 5.41) is 0. The van der Waals surface area contributed by atoms with Crippen molar-refractivity contribution in [3.63, 3.8) is 0 Å². The molecule has 0 heteroatoms. The van der Waals surface area contributed by atoms with Gasteiger partial charge in [0.25, 0.3) is 0 Å². The molecule has 0 nitrogen and oxygen atoms in total. The van der Waals surface area contributed by atoms with E-state index in [0.717, 1.165) is 11.8 Å². The summed E-state index contributed by atoms with van der Waals surface area (Å²) in [6, 6.07) is 0. The van der Waals surface area contributed by atoms with E-state index in [2.05, 4.69) is 40.7 Å². The predicted molar refractivity (Wildman–Crippen MR) is 85.5 cm³/mol. The SMILES string of the molecule is CC1CCCC2(C)CC[C@@H]3C(C)(C)C[C@@]4(C)CC=C1C324. The maximum Gasteiger partial charge on any atom is 0.00584 e. The maximum atomic E-state index is 2.71. The molecule has 1 spiro atoms. The average Bonchev–Trinajstić information content (AvgIpc) is 2.82. The van der Waals surface area contributed by atoms with Crippen LogP contribution >= 0.6 is 0 Å². The third-order valence-corrected chi connectivity index (χ3v) is 8.33. The summed E-state index contributed by atoms with van der Waals surface area (Å²) >= 11 is 0. The van der Waals surface area contributed by atoms with Gasteiger partial charge in [0.05, 0.1) is 0 Å². The van der Waals surface area contributed by atoms with Crippen molar-refractivity contribution in [2.75, 3.05) is 0 Å². The van der Waals surface area contributed by atoms with Crippen LogP contribution in [0.15, 0.2) is 11.6 Å². The van der Waals surface area contributed by atoms with Gasteiger partial charge in [-0.2, -0.15) is 0 Å². The van der Waals surface area contributed by atoms with Crippen molar-refractivity contribution in [1.29, 1.82) is 0 Å². The molecule has 3 saturated carbocycles. The molecule has 5 atom stereocenters. The summed E-state index contributed by atoms with van der Waals surface area (Å²) < 4.78 is 0. The molecule has 0 radical (unpaired) electrons. The quantitative estimate of drug-likeness (QED) is 0.476. The fourth-order valence-corrected chi connectivity index (χ4v) is 8.18. The minimum Gasteiger partial charge on any atom is -0.0839 e. The fraction of sp³-hybridized carbons (Fsp3) is 0.900. The number of hydrogen-bond donors (Lipinski definition) is 0. The number of rotatable bonds is 0. The summed E-state index contributed by atoms with van der Waals surface area (Å²) in [6.45, 7) is 13.0. The van der Waals surface area contributed by atoms with E-state index < -0.39 is 0 Å². The Bertz CT molecular complexity index is 484. The first-order valence-electron chi connectivity index (χ1n) is 8.97. The first-order valence-corrected chi connectivity index (χ1v) is 8.97. The van der Waals surface area contributed by atoms with E-state index in [1.54, 1.807) is 0 Å². The smallest absolute Gasteiger partial charge is 0.00584 e. The molecule has 112 valence electrons. The third kappa shape index (κ3) is 1.19. The monoisotopic (exact) mass is 272 g/mol. The number of allylic oxidation sites excluding steroid dienone is 2. The summed E-state index contributed by atoms with van der Waals surface area (Å²) in [7, 11) is 0. The van der Waals surface area contributed by atoms with E-state index in [1.807, 2.05) is 5.57 Å². The highest BCUT2D eigenvalue weighted by Crippen LogP contribution is 2.83. The van der Waals surface area contributed by atoms with E-state index >= 15 is 0 Å². The Balaban J connectivity index is 1.99. The van der Waals surface area contributed by atoms with E-state index in [1.165, 1.54) is 44.9 Å². The topological polar surface area (TPSA) is 0 Å². The van der Waals surface area contributed by atoms with Gasteiger partial charge in [0.1, 0.15) is 0 Å². The third-order valence-electron chi connectivity index (χ3n) is 8.33. The standard InChI is InChI=1S/C20H32/c1-14-7-6-10-18(4)12-9-16-17(2,3)13-19(5)11-8-15(14)20(16,18)19/h8,14,16H,6-7,9-13H2,1-5H3/t14?,16-,18?,19-,20?/m1/s1.